The van der Waals surface area contributed by atoms with Gasteiger partial charge in [0.25, 0.3) is 5.91 Å². The van der Waals surface area contributed by atoms with Crippen molar-refractivity contribution >= 4 is 34.0 Å². The molecule has 0 aliphatic carbocycles. The van der Waals surface area contributed by atoms with Gasteiger partial charge in [0.15, 0.2) is 10.9 Å². The lowest BCUT2D eigenvalue weighted by molar-refractivity contribution is -0.274. The van der Waals surface area contributed by atoms with Crippen molar-refractivity contribution in [3.63, 3.8) is 0 Å². The standard InChI is InChI=1S/C24H22F5N5O3S/c1-33-6-8-34(9-7-33)13-21(35)31-18-10-14(2-5-19(18)37-24(27,28)29)22(36)32-23-30-12-20(38-23)16-11-15(25)3-4-17(16)26/h2-5,10-12H,6-9,13H2,1H3,(H,31,35)(H,30,32,36). The Morgan fingerprint density at radius 2 is 1.79 bits per heavy atom. The van der Waals surface area contributed by atoms with E-state index in [0.717, 1.165) is 60.8 Å². The van der Waals surface area contributed by atoms with Crippen LogP contribution in [0.5, 0.6) is 5.75 Å². The van der Waals surface area contributed by atoms with Gasteiger partial charge in [-0.25, -0.2) is 13.8 Å². The largest absolute Gasteiger partial charge is 0.573 e. The number of carbonyl (C=O) groups is 2. The van der Waals surface area contributed by atoms with E-state index in [9.17, 15) is 31.5 Å². The van der Waals surface area contributed by atoms with Gasteiger partial charge >= 0.3 is 6.36 Å². The molecule has 1 fully saturated rings. The molecule has 2 aromatic carbocycles. The Hall–Kier alpha value is -3.62. The molecule has 4 rings (SSSR count). The second kappa shape index (κ2) is 11.4. The van der Waals surface area contributed by atoms with Gasteiger partial charge in [-0.1, -0.05) is 11.3 Å². The average Bonchev–Trinajstić information content (AvgIpc) is 3.30. The normalized spacial score (nSPS) is 14.8. The summed E-state index contributed by atoms with van der Waals surface area (Å²) in [6.07, 6.45) is -3.77. The van der Waals surface area contributed by atoms with E-state index in [2.05, 4.69) is 25.3 Å². The number of piperazine rings is 1. The first kappa shape index (κ1) is 27.4. The second-order valence-corrected chi connectivity index (χ2v) is 9.52. The van der Waals surface area contributed by atoms with Crippen LogP contribution in [0.25, 0.3) is 10.4 Å². The number of hydrogen-bond donors (Lipinski definition) is 2. The van der Waals surface area contributed by atoms with Crippen molar-refractivity contribution in [3.8, 4) is 16.2 Å². The van der Waals surface area contributed by atoms with Crippen molar-refractivity contribution in [1.29, 1.82) is 0 Å². The zero-order valence-electron chi connectivity index (χ0n) is 19.9. The number of nitrogens with one attached hydrogen (secondary N) is 2. The van der Waals surface area contributed by atoms with Crippen LogP contribution in [0.1, 0.15) is 10.4 Å². The number of nitrogens with zero attached hydrogens (tertiary/aromatic N) is 3. The minimum atomic E-state index is -5.02. The molecule has 0 radical (unpaired) electrons. The molecule has 0 saturated carbocycles. The number of amides is 2. The molecule has 2 amide bonds. The van der Waals surface area contributed by atoms with Gasteiger partial charge in [0, 0.05) is 43.5 Å². The number of alkyl halides is 3. The minimum absolute atomic E-state index is 0.0398. The van der Waals surface area contributed by atoms with Crippen molar-refractivity contribution in [2.75, 3.05) is 50.4 Å². The van der Waals surface area contributed by atoms with E-state index in [1.54, 1.807) is 0 Å². The Morgan fingerprint density at radius 3 is 2.50 bits per heavy atom. The number of hydrogen-bond acceptors (Lipinski definition) is 7. The number of likely N-dealkylation sites (N-methyl/N-ethyl adjacent to an activating group) is 1. The predicted octanol–water partition coefficient (Wildman–Crippen LogP) is 4.43. The van der Waals surface area contributed by atoms with Crippen molar-refractivity contribution in [1.82, 2.24) is 14.8 Å². The summed E-state index contributed by atoms with van der Waals surface area (Å²) in [6, 6.07) is 5.99. The van der Waals surface area contributed by atoms with Crippen LogP contribution in [0.2, 0.25) is 0 Å². The molecule has 1 aliphatic heterocycles. The first-order valence-corrected chi connectivity index (χ1v) is 12.1. The van der Waals surface area contributed by atoms with E-state index in [1.165, 1.54) is 6.20 Å². The molecule has 1 aliphatic rings. The van der Waals surface area contributed by atoms with Crippen molar-refractivity contribution < 1.29 is 36.3 Å². The molecule has 202 valence electrons. The van der Waals surface area contributed by atoms with E-state index in [4.69, 9.17) is 0 Å². The minimum Gasteiger partial charge on any atom is -0.404 e. The van der Waals surface area contributed by atoms with Gasteiger partial charge in [-0.15, -0.1) is 13.2 Å². The summed E-state index contributed by atoms with van der Waals surface area (Å²) in [5, 5.41) is 4.91. The van der Waals surface area contributed by atoms with Crippen LogP contribution in [0.4, 0.5) is 32.8 Å². The van der Waals surface area contributed by atoms with E-state index in [0.29, 0.717) is 13.1 Å². The summed E-state index contributed by atoms with van der Waals surface area (Å²) in [5.74, 6) is -3.33. The highest BCUT2D eigenvalue weighted by Gasteiger charge is 2.33. The zero-order valence-corrected chi connectivity index (χ0v) is 20.8. The van der Waals surface area contributed by atoms with E-state index in [1.807, 2.05) is 11.9 Å². The molecular weight excluding hydrogens is 533 g/mol. The zero-order chi connectivity index (χ0) is 27.4. The number of halogens is 5. The van der Waals surface area contributed by atoms with Crippen molar-refractivity contribution in [2.24, 2.45) is 0 Å². The van der Waals surface area contributed by atoms with E-state index >= 15 is 0 Å². The summed E-state index contributed by atoms with van der Waals surface area (Å²) in [5.41, 5.74) is -0.471. The lowest BCUT2D eigenvalue weighted by atomic mass is 10.1. The van der Waals surface area contributed by atoms with Crippen LogP contribution in [-0.4, -0.2) is 72.7 Å². The van der Waals surface area contributed by atoms with Crippen LogP contribution >= 0.6 is 11.3 Å². The van der Waals surface area contributed by atoms with Gasteiger partial charge in [0.05, 0.1) is 17.1 Å². The highest BCUT2D eigenvalue weighted by molar-refractivity contribution is 7.19. The van der Waals surface area contributed by atoms with E-state index in [-0.39, 0.29) is 33.4 Å². The summed E-state index contributed by atoms with van der Waals surface area (Å²) >= 11 is 0.875. The molecule has 38 heavy (non-hydrogen) atoms. The predicted molar refractivity (Wildman–Crippen MR) is 131 cm³/mol. The van der Waals surface area contributed by atoms with Crippen LogP contribution in [0.3, 0.4) is 0 Å². The average molecular weight is 556 g/mol. The first-order chi connectivity index (χ1) is 18.0. The molecule has 0 spiro atoms. The molecule has 14 heteroatoms. The SMILES string of the molecule is CN1CCN(CC(=O)Nc2cc(C(=O)Nc3ncc(-c4cc(F)ccc4F)s3)ccc2OC(F)(F)F)CC1. The molecule has 2 heterocycles. The maximum atomic E-state index is 14.1. The first-order valence-electron chi connectivity index (χ1n) is 11.3. The van der Waals surface area contributed by atoms with Crippen LogP contribution < -0.4 is 15.4 Å². The third kappa shape index (κ3) is 7.24. The van der Waals surface area contributed by atoms with E-state index < -0.39 is 35.6 Å². The molecular formula is C24H22F5N5O3S. The number of rotatable bonds is 7. The van der Waals surface area contributed by atoms with Gasteiger partial charge in [0.1, 0.15) is 11.6 Å². The lowest BCUT2D eigenvalue weighted by Gasteiger charge is -2.31. The number of thiazole rings is 1. The Kier molecular flexibility index (Phi) is 8.23. The molecule has 0 bridgehead atoms. The molecule has 3 aromatic rings. The molecule has 0 atom stereocenters. The van der Waals surface area contributed by atoms with Crippen molar-refractivity contribution in [3.05, 3.63) is 59.8 Å². The van der Waals surface area contributed by atoms with Gasteiger partial charge < -0.3 is 15.0 Å². The molecule has 0 unspecified atom stereocenters. The lowest BCUT2D eigenvalue weighted by Crippen LogP contribution is -2.47. The van der Waals surface area contributed by atoms with Crippen molar-refractivity contribution in [2.45, 2.75) is 6.36 Å². The number of benzene rings is 2. The number of ether oxygens (including phenoxy) is 1. The third-order valence-electron chi connectivity index (χ3n) is 5.62. The molecule has 1 saturated heterocycles. The number of carbonyl (C=O) groups excluding carboxylic acids is 2. The highest BCUT2D eigenvalue weighted by atomic mass is 32.1. The van der Waals surface area contributed by atoms with Gasteiger partial charge in [-0.05, 0) is 43.4 Å². The summed E-state index contributed by atoms with van der Waals surface area (Å²) < 4.78 is 70.4. The highest BCUT2D eigenvalue weighted by Crippen LogP contribution is 2.33. The summed E-state index contributed by atoms with van der Waals surface area (Å²) in [7, 11) is 1.95. The summed E-state index contributed by atoms with van der Waals surface area (Å²) in [6.45, 7) is 2.68. The molecule has 1 aromatic heterocycles. The van der Waals surface area contributed by atoms with Crippen LogP contribution in [0.15, 0.2) is 42.6 Å². The van der Waals surface area contributed by atoms with Crippen LogP contribution in [-0.2, 0) is 4.79 Å². The van der Waals surface area contributed by atoms with Gasteiger partial charge in [0.2, 0.25) is 5.91 Å². The number of aromatic nitrogens is 1. The fourth-order valence-electron chi connectivity index (χ4n) is 3.69. The monoisotopic (exact) mass is 555 g/mol. The quantitative estimate of drug-likeness (QED) is 0.420. The Balaban J connectivity index is 1.50. The van der Waals surface area contributed by atoms with Crippen LogP contribution in [0, 0.1) is 11.6 Å². The van der Waals surface area contributed by atoms with Gasteiger partial charge in [-0.3, -0.25) is 19.8 Å². The third-order valence-corrected chi connectivity index (χ3v) is 6.57. The fourth-order valence-corrected chi connectivity index (χ4v) is 4.52. The molecule has 2 N–H and O–H groups in total. The maximum Gasteiger partial charge on any atom is 0.573 e. The molecule has 8 nitrogen and oxygen atoms in total. The maximum absolute atomic E-state index is 14.1. The topological polar surface area (TPSA) is 86.8 Å². The smallest absolute Gasteiger partial charge is 0.404 e. The van der Waals surface area contributed by atoms with Gasteiger partial charge in [-0.2, -0.15) is 0 Å². The Morgan fingerprint density at radius 1 is 1.05 bits per heavy atom. The Labute approximate surface area is 218 Å². The second-order valence-electron chi connectivity index (χ2n) is 8.49. The Bertz CT molecular complexity index is 1330. The fraction of sp³-hybridized carbons (Fsp3) is 0.292. The summed E-state index contributed by atoms with van der Waals surface area (Å²) in [4.78, 5) is 33.5. The number of anilines is 2.